The average molecular weight is 269 g/mol. The third-order valence-corrected chi connectivity index (χ3v) is 4.72. The second-order valence-corrected chi connectivity index (χ2v) is 5.63. The van der Waals surface area contributed by atoms with Crippen LogP contribution in [0.25, 0.3) is 0 Å². The maximum absolute atomic E-state index is 11.7. The number of hydrogen-bond donors (Lipinski definition) is 0. The summed E-state index contributed by atoms with van der Waals surface area (Å²) in [5, 5.41) is 9.35. The summed E-state index contributed by atoms with van der Waals surface area (Å²) in [6, 6.07) is 2.31. The van der Waals surface area contributed by atoms with Crippen molar-refractivity contribution in [3.63, 3.8) is 0 Å². The Balaban J connectivity index is 1.99. The standard InChI is InChI=1S/C14H16BN3O2/c1-17-5-6-18(2)14(17)15-12-9(7-16)3-4-10-11(12)8-20-13(10)19/h3,5-6,12H,4,8,15H2,1-2H3/t12-/m0/s1. The molecule has 0 bridgehead atoms. The van der Waals surface area contributed by atoms with Crippen LogP contribution in [0.15, 0.2) is 35.2 Å². The highest BCUT2D eigenvalue weighted by atomic mass is 16.5. The van der Waals surface area contributed by atoms with Gasteiger partial charge in [-0.15, -0.1) is 0 Å². The van der Waals surface area contributed by atoms with Crippen LogP contribution in [0.5, 0.6) is 0 Å². The minimum Gasteiger partial charge on any atom is -0.458 e. The zero-order valence-electron chi connectivity index (χ0n) is 11.9. The summed E-state index contributed by atoms with van der Waals surface area (Å²) in [7, 11) is 3.42. The van der Waals surface area contributed by atoms with Crippen LogP contribution in [0.1, 0.15) is 6.42 Å². The second kappa shape index (κ2) is 4.67. The summed E-state index contributed by atoms with van der Waals surface area (Å²) in [4.78, 5) is 11.7. The Bertz CT molecular complexity index is 674. The summed E-state index contributed by atoms with van der Waals surface area (Å²) < 4.78 is 9.35. The lowest BCUT2D eigenvalue weighted by molar-refractivity contribution is -0.653. The van der Waals surface area contributed by atoms with Gasteiger partial charge in [0.15, 0.2) is 0 Å². The van der Waals surface area contributed by atoms with E-state index in [0.29, 0.717) is 13.0 Å². The van der Waals surface area contributed by atoms with Crippen molar-refractivity contribution in [2.24, 2.45) is 14.1 Å². The number of rotatable bonds is 2. The number of aromatic nitrogens is 2. The van der Waals surface area contributed by atoms with Crippen molar-refractivity contribution >= 4 is 19.0 Å². The Kier molecular flexibility index (Phi) is 2.98. The van der Waals surface area contributed by atoms with Gasteiger partial charge >= 0.3 is 5.97 Å². The van der Waals surface area contributed by atoms with Crippen LogP contribution in [0, 0.1) is 11.3 Å². The second-order valence-electron chi connectivity index (χ2n) is 5.63. The summed E-state index contributed by atoms with van der Waals surface area (Å²) in [6.07, 6.45) is 6.47. The number of allylic oxidation sites excluding steroid dienone is 2. The molecule has 2 heterocycles. The first-order chi connectivity index (χ1) is 9.61. The molecule has 6 heteroatoms. The minimum atomic E-state index is -0.613. The summed E-state index contributed by atoms with van der Waals surface area (Å²) in [5.74, 6) is -0.129. The zero-order chi connectivity index (χ0) is 14.3. The normalized spacial score (nSPS) is 21.4. The van der Waals surface area contributed by atoms with E-state index in [0.717, 1.165) is 16.7 Å². The number of esters is 1. The minimum absolute atomic E-state index is 0.0787. The number of nitriles is 1. The van der Waals surface area contributed by atoms with Gasteiger partial charge in [-0.1, -0.05) is 11.9 Å². The fourth-order valence-electron chi connectivity index (χ4n) is 3.43. The Morgan fingerprint density at radius 3 is 3.05 bits per heavy atom. The van der Waals surface area contributed by atoms with Crippen molar-refractivity contribution in [3.8, 4) is 6.07 Å². The lowest BCUT2D eigenvalue weighted by atomic mass is 9.55. The molecular formula is C14H16BN3O2. The van der Waals surface area contributed by atoms with Crippen molar-refractivity contribution in [2.45, 2.75) is 12.2 Å². The van der Waals surface area contributed by atoms with E-state index in [9.17, 15) is 10.1 Å². The highest BCUT2D eigenvalue weighted by Crippen LogP contribution is 2.38. The van der Waals surface area contributed by atoms with Crippen molar-refractivity contribution in [1.29, 1.82) is 5.26 Å². The number of carbonyl (C=O) groups is 1. The smallest absolute Gasteiger partial charge is 0.334 e. The van der Waals surface area contributed by atoms with E-state index in [1.54, 1.807) is 0 Å². The monoisotopic (exact) mass is 269 g/mol. The Morgan fingerprint density at radius 1 is 1.60 bits per heavy atom. The molecule has 3 rings (SSSR count). The molecule has 2 aliphatic rings. The van der Waals surface area contributed by atoms with Gasteiger partial charge in [-0.05, 0) is 17.6 Å². The number of ether oxygens (including phenoxy) is 1. The number of nitrogens with zero attached hydrogens (tertiary/aromatic N) is 3. The van der Waals surface area contributed by atoms with Gasteiger partial charge < -0.3 is 4.74 Å². The fraction of sp³-hybridized carbons (Fsp3) is 0.357. The van der Waals surface area contributed by atoms with Crippen molar-refractivity contribution in [1.82, 2.24) is 4.57 Å². The van der Waals surface area contributed by atoms with Crippen LogP contribution >= 0.6 is 0 Å². The van der Waals surface area contributed by atoms with Crippen LogP contribution in [0.2, 0.25) is 5.82 Å². The number of imidazole rings is 1. The van der Waals surface area contributed by atoms with Crippen molar-refractivity contribution < 1.29 is 14.1 Å². The number of aryl methyl sites for hydroxylation is 2. The van der Waals surface area contributed by atoms with Gasteiger partial charge in [-0.2, -0.15) is 5.26 Å². The molecule has 1 aliphatic heterocycles. The molecule has 1 aliphatic carbocycles. The van der Waals surface area contributed by atoms with E-state index < -0.39 is 7.28 Å². The van der Waals surface area contributed by atoms with Crippen LogP contribution in [0.3, 0.4) is 0 Å². The van der Waals surface area contributed by atoms with E-state index in [2.05, 4.69) is 15.2 Å². The quantitative estimate of drug-likeness (QED) is 0.399. The molecule has 1 aromatic rings. The third-order valence-electron chi connectivity index (χ3n) is 4.72. The molecule has 5 nitrogen and oxygen atoms in total. The molecule has 0 fully saturated rings. The van der Waals surface area contributed by atoms with Gasteiger partial charge in [-0.3, -0.25) is 9.13 Å². The largest absolute Gasteiger partial charge is 0.458 e. The molecular weight excluding hydrogens is 253 g/mol. The first-order valence-corrected chi connectivity index (χ1v) is 6.92. The molecule has 1 atom stereocenters. The predicted octanol–water partition coefficient (Wildman–Crippen LogP) is -0.861. The Labute approximate surface area is 118 Å². The SMILES string of the molecule is Cn1cc[n+](C)c1[BH2-][C@H]1C(C#N)=CCC2=C1COC2=O. The molecule has 0 amide bonds. The maximum Gasteiger partial charge on any atom is 0.334 e. The molecule has 0 spiro atoms. The molecule has 0 saturated carbocycles. The molecule has 0 N–H and O–H groups in total. The van der Waals surface area contributed by atoms with Crippen LogP contribution in [-0.2, 0) is 23.6 Å². The van der Waals surface area contributed by atoms with Gasteiger partial charge in [0.25, 0.3) is 0 Å². The Hall–Kier alpha value is -2.29. The third kappa shape index (κ3) is 1.86. The summed E-state index contributed by atoms with van der Waals surface area (Å²) in [5.41, 5.74) is 3.84. The molecule has 0 aromatic carbocycles. The van der Waals surface area contributed by atoms with Gasteiger partial charge in [0.1, 0.15) is 26.3 Å². The van der Waals surface area contributed by atoms with Gasteiger partial charge in [-0.25, -0.2) is 4.79 Å². The molecule has 102 valence electrons. The molecule has 0 radical (unpaired) electrons. The van der Waals surface area contributed by atoms with Crippen molar-refractivity contribution in [2.75, 3.05) is 6.61 Å². The zero-order valence-corrected chi connectivity index (χ0v) is 11.9. The molecule has 0 unspecified atom stereocenters. The molecule has 1 aromatic heterocycles. The lowest BCUT2D eigenvalue weighted by Crippen LogP contribution is -2.51. The Morgan fingerprint density at radius 2 is 2.40 bits per heavy atom. The van der Waals surface area contributed by atoms with Gasteiger partial charge in [0.05, 0.1) is 25.9 Å². The summed E-state index contributed by atoms with van der Waals surface area (Å²) in [6.45, 7) is 0.357. The first-order valence-electron chi connectivity index (χ1n) is 6.92. The average Bonchev–Trinajstić information content (AvgIpc) is 2.97. The first kappa shape index (κ1) is 12.7. The maximum atomic E-state index is 11.7. The number of carbonyl (C=O) groups excluding carboxylic acids is 1. The van der Waals surface area contributed by atoms with E-state index in [1.807, 2.05) is 32.6 Å². The van der Waals surface area contributed by atoms with Gasteiger partial charge in [0.2, 0.25) is 0 Å². The van der Waals surface area contributed by atoms with E-state index in [1.165, 1.54) is 5.72 Å². The number of hydrogen-bond acceptors (Lipinski definition) is 3. The highest BCUT2D eigenvalue weighted by molar-refractivity contribution is 6.54. The number of cyclic esters (lactones) is 1. The lowest BCUT2D eigenvalue weighted by Gasteiger charge is -2.25. The van der Waals surface area contributed by atoms with Crippen LogP contribution in [-0.4, -0.2) is 24.4 Å². The van der Waals surface area contributed by atoms with E-state index in [4.69, 9.17) is 4.74 Å². The molecule has 0 saturated heterocycles. The van der Waals surface area contributed by atoms with Crippen molar-refractivity contribution in [3.05, 3.63) is 35.2 Å². The molecule has 20 heavy (non-hydrogen) atoms. The van der Waals surface area contributed by atoms with E-state index >= 15 is 0 Å². The van der Waals surface area contributed by atoms with Crippen LogP contribution < -0.4 is 10.3 Å². The van der Waals surface area contributed by atoms with Crippen LogP contribution in [0.4, 0.5) is 0 Å². The highest BCUT2D eigenvalue weighted by Gasteiger charge is 2.32. The summed E-state index contributed by atoms with van der Waals surface area (Å²) >= 11 is 0. The van der Waals surface area contributed by atoms with E-state index in [-0.39, 0.29) is 11.8 Å². The van der Waals surface area contributed by atoms with Gasteiger partial charge in [0, 0.05) is 5.57 Å². The predicted molar refractivity (Wildman–Crippen MR) is 74.8 cm³/mol. The fourth-order valence-corrected chi connectivity index (χ4v) is 3.43. The topological polar surface area (TPSA) is 58.9 Å².